The highest BCUT2D eigenvalue weighted by atomic mass is 19.4. The van der Waals surface area contributed by atoms with Crippen molar-refractivity contribution in [2.45, 2.75) is 6.18 Å². The first-order valence-electron chi connectivity index (χ1n) is 3.64. The van der Waals surface area contributed by atoms with Crippen molar-refractivity contribution in [3.05, 3.63) is 34.6 Å². The van der Waals surface area contributed by atoms with Crippen molar-refractivity contribution in [1.82, 2.24) is 0 Å². The van der Waals surface area contributed by atoms with Gasteiger partial charge in [0.05, 0.1) is 0 Å². The van der Waals surface area contributed by atoms with Gasteiger partial charge in [-0.25, -0.2) is 18.0 Å². The van der Waals surface area contributed by atoms with E-state index in [1.54, 1.807) is 0 Å². The maximum absolute atomic E-state index is 12.8. The van der Waals surface area contributed by atoms with E-state index in [0.717, 1.165) is 0 Å². The van der Waals surface area contributed by atoms with Gasteiger partial charge in [0, 0.05) is 6.07 Å². The molecule has 1 aromatic rings. The molecule has 0 saturated heterocycles. The molecule has 0 heterocycles. The van der Waals surface area contributed by atoms with Gasteiger partial charge in [-0.3, -0.25) is 0 Å². The van der Waals surface area contributed by atoms with Crippen LogP contribution in [0.15, 0.2) is 6.07 Å². The zero-order chi connectivity index (χ0) is 12.7. The van der Waals surface area contributed by atoms with Crippen LogP contribution in [0, 0.1) is 17.5 Å². The Morgan fingerprint density at radius 2 is 1.62 bits per heavy atom. The van der Waals surface area contributed by atoms with Crippen LogP contribution < -0.4 is 0 Å². The lowest BCUT2D eigenvalue weighted by Gasteiger charge is -2.12. The van der Waals surface area contributed by atoms with E-state index in [4.69, 9.17) is 5.11 Å². The van der Waals surface area contributed by atoms with Crippen LogP contribution in [0.25, 0.3) is 0 Å². The molecule has 0 aliphatic rings. The molecule has 0 amide bonds. The number of carboxylic acids is 1. The van der Waals surface area contributed by atoms with Crippen LogP contribution in [0.1, 0.15) is 15.9 Å². The molecule has 88 valence electrons. The van der Waals surface area contributed by atoms with Gasteiger partial charge in [0.1, 0.15) is 16.9 Å². The fourth-order valence-corrected chi connectivity index (χ4v) is 1.07. The molecule has 0 aliphatic heterocycles. The first kappa shape index (κ1) is 12.3. The van der Waals surface area contributed by atoms with Gasteiger partial charge >= 0.3 is 12.1 Å². The van der Waals surface area contributed by atoms with Gasteiger partial charge in [-0.2, -0.15) is 13.2 Å². The topological polar surface area (TPSA) is 37.3 Å². The average molecular weight is 244 g/mol. The molecule has 2 nitrogen and oxygen atoms in total. The Bertz CT molecular complexity index is 451. The summed E-state index contributed by atoms with van der Waals surface area (Å²) in [6.45, 7) is 0. The van der Waals surface area contributed by atoms with Crippen LogP contribution >= 0.6 is 0 Å². The van der Waals surface area contributed by atoms with Gasteiger partial charge in [0.2, 0.25) is 0 Å². The summed E-state index contributed by atoms with van der Waals surface area (Å²) in [4.78, 5) is 10.3. The van der Waals surface area contributed by atoms with Crippen molar-refractivity contribution in [3.8, 4) is 0 Å². The quantitative estimate of drug-likeness (QED) is 0.609. The molecule has 0 radical (unpaired) electrons. The van der Waals surface area contributed by atoms with Crippen molar-refractivity contribution >= 4 is 5.97 Å². The molecule has 8 heteroatoms. The van der Waals surface area contributed by atoms with Crippen molar-refractivity contribution < 1.29 is 36.2 Å². The Morgan fingerprint density at radius 3 is 2.00 bits per heavy atom. The highest BCUT2D eigenvalue weighted by Crippen LogP contribution is 2.36. The molecule has 1 N–H and O–H groups in total. The lowest BCUT2D eigenvalue weighted by molar-refractivity contribution is -0.141. The SMILES string of the molecule is O=C(O)c1c(F)cc(F)c(F)c1C(F)(F)F. The Labute approximate surface area is 84.1 Å². The fourth-order valence-electron chi connectivity index (χ4n) is 1.07. The highest BCUT2D eigenvalue weighted by Gasteiger charge is 2.42. The Kier molecular flexibility index (Phi) is 2.85. The molecule has 0 bridgehead atoms. The molecule has 0 spiro atoms. The number of aromatic carboxylic acids is 1. The first-order chi connectivity index (χ1) is 7.16. The summed E-state index contributed by atoms with van der Waals surface area (Å²) >= 11 is 0. The van der Waals surface area contributed by atoms with Crippen LogP contribution in [-0.4, -0.2) is 11.1 Å². The van der Waals surface area contributed by atoms with E-state index in [2.05, 4.69) is 0 Å². The molecular formula is C8H2F6O2. The summed E-state index contributed by atoms with van der Waals surface area (Å²) in [5, 5.41) is 8.30. The van der Waals surface area contributed by atoms with Crippen LogP contribution in [0.3, 0.4) is 0 Å². The van der Waals surface area contributed by atoms with Crippen molar-refractivity contribution in [3.63, 3.8) is 0 Å². The van der Waals surface area contributed by atoms with E-state index in [0.29, 0.717) is 0 Å². The molecule has 0 aromatic heterocycles. The number of carbonyl (C=O) groups is 1. The van der Waals surface area contributed by atoms with Crippen LogP contribution in [0.4, 0.5) is 26.3 Å². The van der Waals surface area contributed by atoms with E-state index < -0.39 is 40.7 Å². The Balaban J connectivity index is 3.72. The van der Waals surface area contributed by atoms with E-state index in [1.807, 2.05) is 0 Å². The lowest BCUT2D eigenvalue weighted by atomic mass is 10.1. The van der Waals surface area contributed by atoms with Gasteiger partial charge < -0.3 is 5.11 Å². The minimum Gasteiger partial charge on any atom is -0.478 e. The lowest BCUT2D eigenvalue weighted by Crippen LogP contribution is -2.18. The van der Waals surface area contributed by atoms with E-state index >= 15 is 0 Å². The third-order valence-electron chi connectivity index (χ3n) is 1.67. The minimum atomic E-state index is -5.50. The summed E-state index contributed by atoms with van der Waals surface area (Å²) in [5.41, 5.74) is -4.40. The Hall–Kier alpha value is -1.73. The number of rotatable bonds is 1. The van der Waals surface area contributed by atoms with Gasteiger partial charge in [0.15, 0.2) is 11.6 Å². The normalized spacial score (nSPS) is 11.6. The monoisotopic (exact) mass is 244 g/mol. The van der Waals surface area contributed by atoms with Gasteiger partial charge in [-0.05, 0) is 0 Å². The predicted octanol–water partition coefficient (Wildman–Crippen LogP) is 2.82. The molecule has 16 heavy (non-hydrogen) atoms. The summed E-state index contributed by atoms with van der Waals surface area (Å²) in [5.74, 6) is -8.86. The van der Waals surface area contributed by atoms with E-state index in [-0.39, 0.29) is 6.07 Å². The third kappa shape index (κ3) is 1.95. The number of alkyl halides is 3. The van der Waals surface area contributed by atoms with E-state index in [9.17, 15) is 31.1 Å². The summed E-state index contributed by atoms with van der Waals surface area (Å²) in [7, 11) is 0. The predicted molar refractivity (Wildman–Crippen MR) is 38.3 cm³/mol. The second-order valence-corrected chi connectivity index (χ2v) is 2.71. The number of hydrogen-bond acceptors (Lipinski definition) is 1. The summed E-state index contributed by atoms with van der Waals surface area (Å²) in [6, 6.07) is -0.256. The van der Waals surface area contributed by atoms with E-state index in [1.165, 1.54) is 0 Å². The van der Waals surface area contributed by atoms with Gasteiger partial charge in [0.25, 0.3) is 0 Å². The van der Waals surface area contributed by atoms with Crippen LogP contribution in [0.5, 0.6) is 0 Å². The highest BCUT2D eigenvalue weighted by molar-refractivity contribution is 5.90. The molecule has 0 aliphatic carbocycles. The zero-order valence-corrected chi connectivity index (χ0v) is 7.20. The van der Waals surface area contributed by atoms with Crippen LogP contribution in [-0.2, 0) is 6.18 Å². The van der Waals surface area contributed by atoms with Crippen molar-refractivity contribution in [2.24, 2.45) is 0 Å². The molecule has 1 rings (SSSR count). The Morgan fingerprint density at radius 1 is 1.12 bits per heavy atom. The molecule has 0 unspecified atom stereocenters. The second kappa shape index (κ2) is 3.69. The molecule has 1 aromatic carbocycles. The smallest absolute Gasteiger partial charge is 0.420 e. The summed E-state index contributed by atoms with van der Waals surface area (Å²) < 4.78 is 74.6. The molecule has 0 atom stereocenters. The maximum atomic E-state index is 12.8. The molecule has 0 saturated carbocycles. The van der Waals surface area contributed by atoms with Crippen molar-refractivity contribution in [2.75, 3.05) is 0 Å². The van der Waals surface area contributed by atoms with Crippen molar-refractivity contribution in [1.29, 1.82) is 0 Å². The third-order valence-corrected chi connectivity index (χ3v) is 1.67. The van der Waals surface area contributed by atoms with Gasteiger partial charge in [-0.1, -0.05) is 0 Å². The number of hydrogen-bond donors (Lipinski definition) is 1. The first-order valence-corrected chi connectivity index (χ1v) is 3.64. The molecule has 0 fully saturated rings. The fraction of sp³-hybridized carbons (Fsp3) is 0.125. The van der Waals surface area contributed by atoms with Gasteiger partial charge in [-0.15, -0.1) is 0 Å². The largest absolute Gasteiger partial charge is 0.478 e. The second-order valence-electron chi connectivity index (χ2n) is 2.71. The number of halogens is 6. The number of carboxylic acid groups (broad SMARTS) is 1. The van der Waals surface area contributed by atoms with Crippen LogP contribution in [0.2, 0.25) is 0 Å². The maximum Gasteiger partial charge on any atom is 0.420 e. The number of benzene rings is 1. The zero-order valence-electron chi connectivity index (χ0n) is 7.20. The average Bonchev–Trinajstić information content (AvgIpc) is 2.07. The minimum absolute atomic E-state index is 0.256. The standard InChI is InChI=1S/C8H2F6O2/c9-2-1-3(10)6(11)5(8(12,13)14)4(2)7(15)16/h1H,(H,15,16). The molecular weight excluding hydrogens is 242 g/mol. The summed E-state index contributed by atoms with van der Waals surface area (Å²) in [6.07, 6.45) is -5.50.